The molecule has 1 aromatic carbocycles. The Kier molecular flexibility index (Phi) is 2.65. The second kappa shape index (κ2) is 3.81. The van der Waals surface area contributed by atoms with Crippen molar-refractivity contribution in [3.63, 3.8) is 0 Å². The third-order valence-corrected chi connectivity index (χ3v) is 2.93. The monoisotopic (exact) mass is 210 g/mol. The van der Waals surface area contributed by atoms with Crippen LogP contribution in [0, 0.1) is 5.82 Å². The van der Waals surface area contributed by atoms with Crippen molar-refractivity contribution in [2.45, 2.75) is 31.3 Å². The molecule has 2 rings (SSSR count). The van der Waals surface area contributed by atoms with E-state index < -0.39 is 5.60 Å². The zero-order valence-corrected chi connectivity index (χ0v) is 8.79. The van der Waals surface area contributed by atoms with Gasteiger partial charge in [0.25, 0.3) is 0 Å². The van der Waals surface area contributed by atoms with Crippen LogP contribution in [0.4, 0.5) is 4.39 Å². The molecule has 0 unspecified atom stereocenters. The molecule has 0 radical (unpaired) electrons. The lowest BCUT2D eigenvalue weighted by Gasteiger charge is -2.10. The van der Waals surface area contributed by atoms with Gasteiger partial charge in [-0.2, -0.15) is 0 Å². The van der Waals surface area contributed by atoms with Gasteiger partial charge in [0.15, 0.2) is 0 Å². The van der Waals surface area contributed by atoms with Crippen molar-refractivity contribution in [2.24, 2.45) is 0 Å². The standard InChI is InChI=1S/C12H15FO2/c1-15-11-3-2-10(13)8-9(11)4-5-12(14)6-7-12/h2-3,8,14H,4-7H2,1H3. The van der Waals surface area contributed by atoms with Crippen molar-refractivity contribution in [2.75, 3.05) is 7.11 Å². The number of rotatable bonds is 4. The lowest BCUT2D eigenvalue weighted by atomic mass is 10.0. The Hall–Kier alpha value is -1.09. The number of benzene rings is 1. The van der Waals surface area contributed by atoms with Crippen molar-refractivity contribution in [1.29, 1.82) is 0 Å². The van der Waals surface area contributed by atoms with Crippen LogP contribution < -0.4 is 4.74 Å². The largest absolute Gasteiger partial charge is 0.496 e. The molecule has 82 valence electrons. The SMILES string of the molecule is COc1ccc(F)cc1CCC1(O)CC1. The van der Waals surface area contributed by atoms with Crippen LogP contribution in [0.1, 0.15) is 24.8 Å². The molecule has 0 saturated heterocycles. The predicted octanol–water partition coefficient (Wildman–Crippen LogP) is 2.29. The van der Waals surface area contributed by atoms with Crippen LogP contribution in [-0.4, -0.2) is 17.8 Å². The predicted molar refractivity (Wildman–Crippen MR) is 55.5 cm³/mol. The van der Waals surface area contributed by atoms with Crippen LogP contribution in [0.5, 0.6) is 5.75 Å². The van der Waals surface area contributed by atoms with Crippen LogP contribution in [0.25, 0.3) is 0 Å². The van der Waals surface area contributed by atoms with Gasteiger partial charge in [-0.15, -0.1) is 0 Å². The normalized spacial score (nSPS) is 17.5. The lowest BCUT2D eigenvalue weighted by Crippen LogP contribution is -2.08. The highest BCUT2D eigenvalue weighted by Crippen LogP contribution is 2.39. The Morgan fingerprint density at radius 2 is 2.20 bits per heavy atom. The highest BCUT2D eigenvalue weighted by Gasteiger charge is 2.39. The fourth-order valence-corrected chi connectivity index (χ4v) is 1.70. The average molecular weight is 210 g/mol. The molecule has 0 heterocycles. The Balaban J connectivity index is 2.08. The summed E-state index contributed by atoms with van der Waals surface area (Å²) >= 11 is 0. The number of methoxy groups -OCH3 is 1. The van der Waals surface area contributed by atoms with Gasteiger partial charge in [-0.3, -0.25) is 0 Å². The zero-order valence-electron chi connectivity index (χ0n) is 8.79. The van der Waals surface area contributed by atoms with Crippen LogP contribution >= 0.6 is 0 Å². The summed E-state index contributed by atoms with van der Waals surface area (Å²) in [5, 5.41) is 9.69. The minimum Gasteiger partial charge on any atom is -0.496 e. The van der Waals surface area contributed by atoms with Gasteiger partial charge in [0.1, 0.15) is 11.6 Å². The summed E-state index contributed by atoms with van der Waals surface area (Å²) in [5.74, 6) is 0.439. The molecule has 0 amide bonds. The minimum atomic E-state index is -0.489. The second-order valence-corrected chi connectivity index (χ2v) is 4.18. The first-order valence-electron chi connectivity index (χ1n) is 5.18. The van der Waals surface area contributed by atoms with Crippen molar-refractivity contribution in [1.82, 2.24) is 0 Å². The van der Waals surface area contributed by atoms with E-state index >= 15 is 0 Å². The lowest BCUT2D eigenvalue weighted by molar-refractivity contribution is 0.140. The molecule has 1 saturated carbocycles. The van der Waals surface area contributed by atoms with Gasteiger partial charge in [-0.25, -0.2) is 4.39 Å². The third-order valence-electron chi connectivity index (χ3n) is 2.93. The molecule has 1 aromatic rings. The van der Waals surface area contributed by atoms with E-state index in [1.807, 2.05) is 0 Å². The van der Waals surface area contributed by atoms with Gasteiger partial charge in [-0.05, 0) is 49.4 Å². The smallest absolute Gasteiger partial charge is 0.123 e. The van der Waals surface area contributed by atoms with Crippen LogP contribution in [0.3, 0.4) is 0 Å². The highest BCUT2D eigenvalue weighted by molar-refractivity contribution is 5.34. The molecular formula is C12H15FO2. The number of hydrogen-bond acceptors (Lipinski definition) is 2. The van der Waals surface area contributed by atoms with Crippen LogP contribution in [-0.2, 0) is 6.42 Å². The van der Waals surface area contributed by atoms with Crippen molar-refractivity contribution >= 4 is 0 Å². The van der Waals surface area contributed by atoms with Gasteiger partial charge in [0, 0.05) is 0 Å². The Morgan fingerprint density at radius 1 is 1.47 bits per heavy atom. The van der Waals surface area contributed by atoms with E-state index in [2.05, 4.69) is 0 Å². The number of aryl methyl sites for hydroxylation is 1. The molecule has 15 heavy (non-hydrogen) atoms. The van der Waals surface area contributed by atoms with E-state index in [1.54, 1.807) is 13.2 Å². The molecule has 2 nitrogen and oxygen atoms in total. The van der Waals surface area contributed by atoms with Crippen molar-refractivity contribution < 1.29 is 14.2 Å². The van der Waals surface area contributed by atoms with E-state index in [0.717, 1.165) is 18.4 Å². The van der Waals surface area contributed by atoms with Crippen LogP contribution in [0.15, 0.2) is 18.2 Å². The van der Waals surface area contributed by atoms with E-state index in [9.17, 15) is 9.50 Å². The topological polar surface area (TPSA) is 29.5 Å². The summed E-state index contributed by atoms with van der Waals surface area (Å²) in [6, 6.07) is 4.49. The Bertz CT molecular complexity index is 359. The molecule has 1 aliphatic rings. The highest BCUT2D eigenvalue weighted by atomic mass is 19.1. The number of hydrogen-bond donors (Lipinski definition) is 1. The molecule has 3 heteroatoms. The first kappa shape index (κ1) is 10.4. The molecular weight excluding hydrogens is 195 g/mol. The number of ether oxygens (including phenoxy) is 1. The zero-order chi connectivity index (χ0) is 10.9. The summed E-state index contributed by atoms with van der Waals surface area (Å²) < 4.78 is 18.1. The minimum absolute atomic E-state index is 0.256. The summed E-state index contributed by atoms with van der Waals surface area (Å²) in [6.45, 7) is 0. The fraction of sp³-hybridized carbons (Fsp3) is 0.500. The van der Waals surface area contributed by atoms with Gasteiger partial charge < -0.3 is 9.84 Å². The first-order valence-corrected chi connectivity index (χ1v) is 5.18. The van der Waals surface area contributed by atoms with E-state index in [4.69, 9.17) is 4.74 Å². The summed E-state index contributed by atoms with van der Waals surface area (Å²) in [4.78, 5) is 0. The molecule has 1 fully saturated rings. The van der Waals surface area contributed by atoms with Gasteiger partial charge in [-0.1, -0.05) is 0 Å². The number of halogens is 1. The van der Waals surface area contributed by atoms with E-state index in [0.29, 0.717) is 18.6 Å². The second-order valence-electron chi connectivity index (χ2n) is 4.18. The maximum atomic E-state index is 13.0. The number of aliphatic hydroxyl groups is 1. The summed E-state index contributed by atoms with van der Waals surface area (Å²) in [6.07, 6.45) is 3.08. The first-order chi connectivity index (χ1) is 7.13. The Labute approximate surface area is 88.7 Å². The third kappa shape index (κ3) is 2.48. The molecule has 0 bridgehead atoms. The Morgan fingerprint density at radius 3 is 2.80 bits per heavy atom. The quantitative estimate of drug-likeness (QED) is 0.826. The molecule has 1 aliphatic carbocycles. The molecule has 1 N–H and O–H groups in total. The summed E-state index contributed by atoms with van der Waals surface area (Å²) in [7, 11) is 1.57. The average Bonchev–Trinajstić information content (AvgIpc) is 2.95. The van der Waals surface area contributed by atoms with Gasteiger partial charge in [0.05, 0.1) is 12.7 Å². The fourth-order valence-electron chi connectivity index (χ4n) is 1.70. The van der Waals surface area contributed by atoms with Crippen molar-refractivity contribution in [3.05, 3.63) is 29.6 Å². The summed E-state index contributed by atoms with van der Waals surface area (Å²) in [5.41, 5.74) is 0.343. The van der Waals surface area contributed by atoms with Gasteiger partial charge in [0.2, 0.25) is 0 Å². The maximum absolute atomic E-state index is 13.0. The molecule has 0 aliphatic heterocycles. The molecule has 0 aromatic heterocycles. The van der Waals surface area contributed by atoms with Crippen molar-refractivity contribution in [3.8, 4) is 5.75 Å². The molecule has 0 spiro atoms. The van der Waals surface area contributed by atoms with E-state index in [-0.39, 0.29) is 5.82 Å². The van der Waals surface area contributed by atoms with Gasteiger partial charge >= 0.3 is 0 Å². The van der Waals surface area contributed by atoms with E-state index in [1.165, 1.54) is 12.1 Å². The van der Waals surface area contributed by atoms with Crippen LogP contribution in [0.2, 0.25) is 0 Å². The maximum Gasteiger partial charge on any atom is 0.123 e. The molecule has 0 atom stereocenters.